The van der Waals surface area contributed by atoms with E-state index in [4.69, 9.17) is 9.47 Å². The summed E-state index contributed by atoms with van der Waals surface area (Å²) in [5.41, 5.74) is -2.37. The van der Waals surface area contributed by atoms with Crippen LogP contribution in [0, 0.1) is 23.2 Å². The molecule has 2 spiro atoms. The van der Waals surface area contributed by atoms with Crippen molar-refractivity contribution in [2.75, 3.05) is 24.8 Å². The van der Waals surface area contributed by atoms with Crippen LogP contribution in [-0.2, 0) is 17.8 Å². The summed E-state index contributed by atoms with van der Waals surface area (Å²) in [6.45, 7) is -0.261. The second-order valence-corrected chi connectivity index (χ2v) is 18.3. The summed E-state index contributed by atoms with van der Waals surface area (Å²) in [5.74, 6) is -4.12. The number of aliphatic hydroxyl groups excluding tert-OH is 5. The van der Waals surface area contributed by atoms with Gasteiger partial charge < -0.3 is 50.7 Å². The Balaban J connectivity index is 1.18. The molecule has 2 aromatic carbocycles. The molecule has 290 valence electrons. The standard InChI is InChI=1S/C41H44N2O10S2/c44-18-24-4-1-3-22(11-24)12-25-14-29-34(47)28-5-2-6-30-33(28)35(48)38(29,31(46)15-25)20-54-55-21-43-32-16-23(8-10-42-32)13-27-17-26-7-9-40(52-30)37(50)41(27,51)36(49)39(26,19-45)53-40/h1-6,8,11,14-16,26-27,29,36-37,42-46,49-51H,7,9-10,12-13,17-21H2. The summed E-state index contributed by atoms with van der Waals surface area (Å²) in [5, 5.41) is 76.1. The Morgan fingerprint density at radius 1 is 0.964 bits per heavy atom. The molecule has 2 aromatic rings. The van der Waals surface area contributed by atoms with Gasteiger partial charge in [-0.2, -0.15) is 0 Å². The molecule has 9 rings (SSSR count). The van der Waals surface area contributed by atoms with E-state index in [2.05, 4.69) is 10.6 Å². The first-order valence-corrected chi connectivity index (χ1v) is 21.2. The van der Waals surface area contributed by atoms with Crippen molar-refractivity contribution in [1.29, 1.82) is 0 Å². The van der Waals surface area contributed by atoms with Crippen molar-refractivity contribution in [2.45, 2.75) is 67.9 Å². The van der Waals surface area contributed by atoms with Gasteiger partial charge in [-0.1, -0.05) is 70.1 Å². The Labute approximate surface area is 325 Å². The highest BCUT2D eigenvalue weighted by Crippen LogP contribution is 2.62. The predicted octanol–water partition coefficient (Wildman–Crippen LogP) is 3.21. The average Bonchev–Trinajstić information content (AvgIpc) is 3.19. The van der Waals surface area contributed by atoms with Crippen molar-refractivity contribution in [3.05, 3.63) is 112 Å². The lowest BCUT2D eigenvalue weighted by Crippen LogP contribution is -2.85. The summed E-state index contributed by atoms with van der Waals surface area (Å²) in [6, 6.07) is 12.0. The van der Waals surface area contributed by atoms with Gasteiger partial charge in [0.1, 0.15) is 34.2 Å². The Bertz CT molecular complexity index is 2090. The van der Waals surface area contributed by atoms with Crippen LogP contribution in [0.3, 0.4) is 0 Å². The number of aliphatic hydroxyl groups is 6. The van der Waals surface area contributed by atoms with Crippen LogP contribution in [0.5, 0.6) is 5.75 Å². The minimum Gasteiger partial charge on any atom is -0.511 e. The van der Waals surface area contributed by atoms with Crippen LogP contribution in [0.4, 0.5) is 0 Å². The molecule has 55 heavy (non-hydrogen) atoms. The van der Waals surface area contributed by atoms with E-state index in [0.29, 0.717) is 43.7 Å². The molecule has 4 aliphatic heterocycles. The monoisotopic (exact) mass is 788 g/mol. The Hall–Kier alpha value is -3.60. The van der Waals surface area contributed by atoms with E-state index in [1.807, 2.05) is 36.4 Å². The van der Waals surface area contributed by atoms with Crippen LogP contribution >= 0.6 is 21.6 Å². The van der Waals surface area contributed by atoms with Crippen LogP contribution in [0.1, 0.15) is 57.5 Å². The Kier molecular flexibility index (Phi) is 9.09. The average molecular weight is 789 g/mol. The molecule has 0 aromatic heterocycles. The van der Waals surface area contributed by atoms with E-state index in [1.165, 1.54) is 27.7 Å². The first kappa shape index (κ1) is 37.0. The molecular formula is C41H44N2O10S2. The molecule has 9 unspecified atom stereocenters. The summed E-state index contributed by atoms with van der Waals surface area (Å²) in [6.07, 6.45) is 5.30. The molecule has 14 heteroatoms. The van der Waals surface area contributed by atoms with Gasteiger partial charge in [-0.05, 0) is 78.0 Å². The van der Waals surface area contributed by atoms with E-state index < -0.39 is 58.8 Å². The number of carbonyl (C=O) groups is 2. The van der Waals surface area contributed by atoms with Crippen molar-refractivity contribution in [3.63, 3.8) is 0 Å². The quantitative estimate of drug-likeness (QED) is 0.210. The number of carbonyl (C=O) groups excluding carboxylic acids is 2. The first-order chi connectivity index (χ1) is 26.5. The number of ketones is 2. The highest BCUT2D eigenvalue weighted by atomic mass is 33.1. The first-order valence-electron chi connectivity index (χ1n) is 18.7. The SMILES string of the molecule is O=C1c2cccc3c2C(=O)C2(CSSCNC4=CC(=CCN4)CC4CC5CCC6(O3)OC5(CO)C(O)C4(O)C6O)C(O)=CC(Cc3cccc(CO)c3)=CC12. The van der Waals surface area contributed by atoms with Crippen molar-refractivity contribution < 1.29 is 49.7 Å². The largest absolute Gasteiger partial charge is 0.511 e. The number of hydrogen-bond donors (Lipinski definition) is 8. The molecule has 4 heterocycles. The molecule has 3 aliphatic carbocycles. The lowest BCUT2D eigenvalue weighted by molar-refractivity contribution is -0.447. The molecule has 0 amide bonds. The minimum absolute atomic E-state index is 0.0410. The fourth-order valence-corrected chi connectivity index (χ4v) is 12.5. The molecule has 7 aliphatic rings. The van der Waals surface area contributed by atoms with Crippen molar-refractivity contribution in [1.82, 2.24) is 10.6 Å². The van der Waals surface area contributed by atoms with Gasteiger partial charge in [-0.3, -0.25) is 9.59 Å². The number of benzene rings is 2. The Morgan fingerprint density at radius 3 is 2.60 bits per heavy atom. The number of rotatable bonds is 4. The van der Waals surface area contributed by atoms with E-state index in [-0.39, 0.29) is 53.1 Å². The number of allylic oxidation sites excluding steroid dienone is 6. The highest BCUT2D eigenvalue weighted by Gasteiger charge is 2.77. The van der Waals surface area contributed by atoms with Crippen LogP contribution in [0.15, 0.2) is 89.5 Å². The maximum absolute atomic E-state index is 15.2. The van der Waals surface area contributed by atoms with Gasteiger partial charge in [0, 0.05) is 24.3 Å². The van der Waals surface area contributed by atoms with Crippen molar-refractivity contribution in [2.24, 2.45) is 23.2 Å². The number of fused-ring (bicyclic) bond motifs is 1. The van der Waals surface area contributed by atoms with Gasteiger partial charge in [0.25, 0.3) is 0 Å². The zero-order chi connectivity index (χ0) is 38.3. The zero-order valence-corrected chi connectivity index (χ0v) is 31.6. The number of ether oxygens (including phenoxy) is 2. The van der Waals surface area contributed by atoms with Gasteiger partial charge in [-0.25, -0.2) is 0 Å². The van der Waals surface area contributed by atoms with Crippen LogP contribution in [0.2, 0.25) is 0 Å². The maximum atomic E-state index is 15.2. The molecule has 12 nitrogen and oxygen atoms in total. The summed E-state index contributed by atoms with van der Waals surface area (Å²) < 4.78 is 13.2. The molecule has 1 saturated carbocycles. The smallest absolute Gasteiger partial charge is 0.240 e. The zero-order valence-electron chi connectivity index (χ0n) is 29.9. The second kappa shape index (κ2) is 13.5. The van der Waals surface area contributed by atoms with Gasteiger partial charge in [0.2, 0.25) is 5.79 Å². The highest BCUT2D eigenvalue weighted by molar-refractivity contribution is 8.76. The number of hydrogen-bond acceptors (Lipinski definition) is 14. The van der Waals surface area contributed by atoms with E-state index in [0.717, 1.165) is 22.5 Å². The van der Waals surface area contributed by atoms with Gasteiger partial charge in [-0.15, -0.1) is 0 Å². The fraction of sp³-hybridized carbons (Fsp3) is 0.463. The lowest BCUT2D eigenvalue weighted by atomic mass is 9.52. The molecular weight excluding hydrogens is 745 g/mol. The fourth-order valence-electron chi connectivity index (χ4n) is 10.2. The summed E-state index contributed by atoms with van der Waals surface area (Å²) >= 11 is 0. The third-order valence-corrected chi connectivity index (χ3v) is 15.3. The third-order valence-electron chi connectivity index (χ3n) is 13.0. The molecule has 2 saturated heterocycles. The third kappa shape index (κ3) is 5.43. The molecule has 3 fully saturated rings. The summed E-state index contributed by atoms with van der Waals surface area (Å²) in [4.78, 5) is 30.0. The van der Waals surface area contributed by atoms with Crippen LogP contribution in [-0.4, -0.2) is 96.2 Å². The Morgan fingerprint density at radius 2 is 1.78 bits per heavy atom. The predicted molar refractivity (Wildman–Crippen MR) is 205 cm³/mol. The number of nitrogens with one attached hydrogen (secondary N) is 2. The maximum Gasteiger partial charge on any atom is 0.240 e. The van der Waals surface area contributed by atoms with Crippen molar-refractivity contribution >= 4 is 33.2 Å². The minimum atomic E-state index is -2.17. The lowest BCUT2D eigenvalue weighted by Gasteiger charge is -2.68. The molecule has 7 bridgehead atoms. The molecule has 0 radical (unpaired) electrons. The van der Waals surface area contributed by atoms with E-state index >= 15 is 4.79 Å². The molecule has 9 atom stereocenters. The van der Waals surface area contributed by atoms with Crippen LogP contribution in [0.25, 0.3) is 0 Å². The topological polar surface area (TPSA) is 198 Å². The number of dihydropyridines is 1. The second-order valence-electron chi connectivity index (χ2n) is 15.9. The summed E-state index contributed by atoms with van der Waals surface area (Å²) in [7, 11) is 2.80. The van der Waals surface area contributed by atoms with Gasteiger partial charge in [0.05, 0.1) is 36.4 Å². The van der Waals surface area contributed by atoms with Crippen LogP contribution < -0.4 is 15.4 Å². The van der Waals surface area contributed by atoms with E-state index in [9.17, 15) is 35.4 Å². The van der Waals surface area contributed by atoms with E-state index in [1.54, 1.807) is 24.3 Å². The van der Waals surface area contributed by atoms with Gasteiger partial charge >= 0.3 is 0 Å². The normalized spacial score (nSPS) is 37.8. The van der Waals surface area contributed by atoms with Crippen molar-refractivity contribution in [3.8, 4) is 5.75 Å². The number of Topliss-reactive ketones (excluding diaryl/α,β-unsaturated/α-hetero) is 2. The molecule has 8 N–H and O–H groups in total. The van der Waals surface area contributed by atoms with Gasteiger partial charge in [0.15, 0.2) is 17.7 Å².